The maximum absolute atomic E-state index is 12.6. The predicted molar refractivity (Wildman–Crippen MR) is 98.6 cm³/mol. The molecule has 0 radical (unpaired) electrons. The summed E-state index contributed by atoms with van der Waals surface area (Å²) in [5.41, 5.74) is 3.95. The number of amidine groups is 1. The molecule has 4 rings (SSSR count). The second-order valence-corrected chi connectivity index (χ2v) is 7.89. The summed E-state index contributed by atoms with van der Waals surface area (Å²) >= 11 is 1.62. The molecule has 5 nitrogen and oxygen atoms in total. The van der Waals surface area contributed by atoms with E-state index in [9.17, 15) is 9.90 Å². The van der Waals surface area contributed by atoms with Crippen molar-refractivity contribution in [3.8, 4) is 10.4 Å². The van der Waals surface area contributed by atoms with Crippen LogP contribution in [0.3, 0.4) is 0 Å². The van der Waals surface area contributed by atoms with Crippen molar-refractivity contribution in [1.82, 2.24) is 10.3 Å². The molecule has 1 saturated carbocycles. The molecule has 3 atom stereocenters. The predicted octanol–water partition coefficient (Wildman–Crippen LogP) is 3.02. The normalized spacial score (nSPS) is 28.9. The van der Waals surface area contributed by atoms with Crippen LogP contribution in [0.15, 0.2) is 34.8 Å². The van der Waals surface area contributed by atoms with E-state index in [1.54, 1.807) is 11.3 Å². The quantitative estimate of drug-likeness (QED) is 0.889. The monoisotopic (exact) mass is 355 g/mol. The summed E-state index contributed by atoms with van der Waals surface area (Å²) in [6.07, 6.45) is 2.05. The number of hydrogen-bond donors (Lipinski definition) is 2. The molecule has 1 unspecified atom stereocenters. The number of nitrogens with zero attached hydrogens (tertiary/aromatic N) is 2. The Balaban J connectivity index is 1.63. The first-order chi connectivity index (χ1) is 12.0. The number of carbonyl (C=O) groups excluding carboxylic acids is 1. The number of rotatable bonds is 3. The second kappa shape index (κ2) is 6.04. The molecular weight excluding hydrogens is 334 g/mol. The largest absolute Gasteiger partial charge is 0.393 e. The zero-order chi connectivity index (χ0) is 17.6. The Kier molecular flexibility index (Phi) is 3.96. The first kappa shape index (κ1) is 16.4. The van der Waals surface area contributed by atoms with E-state index in [0.29, 0.717) is 6.42 Å². The molecule has 2 N–H and O–H groups in total. The Bertz CT molecular complexity index is 843. The van der Waals surface area contributed by atoms with E-state index < -0.39 is 5.54 Å². The average Bonchev–Trinajstić information content (AvgIpc) is 3.29. The van der Waals surface area contributed by atoms with Gasteiger partial charge >= 0.3 is 0 Å². The van der Waals surface area contributed by atoms with Gasteiger partial charge in [0, 0.05) is 5.92 Å². The van der Waals surface area contributed by atoms with Crippen LogP contribution in [0.1, 0.15) is 37.4 Å². The second-order valence-electron chi connectivity index (χ2n) is 7.03. The number of hydrogen-bond acceptors (Lipinski definition) is 5. The molecule has 1 aromatic heterocycles. The zero-order valence-corrected chi connectivity index (χ0v) is 15.1. The number of aryl methyl sites for hydroxylation is 1. The molecule has 2 heterocycles. The lowest BCUT2D eigenvalue weighted by Crippen LogP contribution is -2.36. The summed E-state index contributed by atoms with van der Waals surface area (Å²) in [6, 6.07) is 8.01. The fraction of sp³-hybridized carbons (Fsp3) is 0.421. The lowest BCUT2D eigenvalue weighted by molar-refractivity contribution is -0.123. The highest BCUT2D eigenvalue weighted by atomic mass is 32.1. The van der Waals surface area contributed by atoms with E-state index in [1.807, 2.05) is 43.6 Å². The van der Waals surface area contributed by atoms with Gasteiger partial charge in [-0.05, 0) is 44.2 Å². The van der Waals surface area contributed by atoms with E-state index >= 15 is 0 Å². The summed E-state index contributed by atoms with van der Waals surface area (Å²) in [5, 5.41) is 12.7. The van der Waals surface area contributed by atoms with Gasteiger partial charge in [0.15, 0.2) is 5.54 Å². The molecule has 0 bridgehead atoms. The molecule has 0 spiro atoms. The van der Waals surface area contributed by atoms with Crippen molar-refractivity contribution in [3.05, 3.63) is 41.0 Å². The minimum atomic E-state index is -0.899. The minimum absolute atomic E-state index is 0.0920. The SMILES string of the molecule is Cc1ncsc1-c1ccc([C@]2(C)N=C(C3CC[C@H](O)C3)NC2=O)cc1. The summed E-state index contributed by atoms with van der Waals surface area (Å²) in [5.74, 6) is 0.789. The molecule has 2 aromatic rings. The van der Waals surface area contributed by atoms with Gasteiger partial charge in [-0.25, -0.2) is 4.98 Å². The van der Waals surface area contributed by atoms with Gasteiger partial charge in [-0.3, -0.25) is 9.79 Å². The maximum atomic E-state index is 12.6. The lowest BCUT2D eigenvalue weighted by Gasteiger charge is -2.18. The Morgan fingerprint density at radius 2 is 2.04 bits per heavy atom. The third kappa shape index (κ3) is 2.79. The number of benzene rings is 1. The fourth-order valence-electron chi connectivity index (χ4n) is 3.68. The molecule has 1 aromatic carbocycles. The number of aliphatic imine (C=N–C) groups is 1. The number of amides is 1. The summed E-state index contributed by atoms with van der Waals surface area (Å²) in [4.78, 5) is 22.8. The topological polar surface area (TPSA) is 74.6 Å². The van der Waals surface area contributed by atoms with Crippen molar-refractivity contribution in [3.63, 3.8) is 0 Å². The Morgan fingerprint density at radius 1 is 1.28 bits per heavy atom. The van der Waals surface area contributed by atoms with Gasteiger partial charge < -0.3 is 10.4 Å². The van der Waals surface area contributed by atoms with Crippen LogP contribution < -0.4 is 5.32 Å². The van der Waals surface area contributed by atoms with Gasteiger partial charge in [0.25, 0.3) is 5.91 Å². The van der Waals surface area contributed by atoms with Crippen LogP contribution in [0.25, 0.3) is 10.4 Å². The smallest absolute Gasteiger partial charge is 0.257 e. The van der Waals surface area contributed by atoms with Crippen LogP contribution in [0.2, 0.25) is 0 Å². The first-order valence-electron chi connectivity index (χ1n) is 8.57. The third-order valence-corrected chi connectivity index (χ3v) is 6.25. The first-order valence-corrected chi connectivity index (χ1v) is 9.45. The number of nitrogens with one attached hydrogen (secondary N) is 1. The van der Waals surface area contributed by atoms with Gasteiger partial charge in [-0.2, -0.15) is 0 Å². The number of carbonyl (C=O) groups is 1. The van der Waals surface area contributed by atoms with Crippen molar-refractivity contribution in [2.75, 3.05) is 0 Å². The van der Waals surface area contributed by atoms with Gasteiger partial charge in [-0.15, -0.1) is 11.3 Å². The van der Waals surface area contributed by atoms with E-state index in [0.717, 1.165) is 40.4 Å². The van der Waals surface area contributed by atoms with Crippen LogP contribution in [0.4, 0.5) is 0 Å². The number of thiazole rings is 1. The van der Waals surface area contributed by atoms with Crippen molar-refractivity contribution in [1.29, 1.82) is 0 Å². The standard InChI is InChI=1S/C19H21N3O2S/c1-11-16(25-10-20-11)12-3-6-14(7-4-12)19(2)18(24)21-17(22-19)13-5-8-15(23)9-13/h3-4,6-7,10,13,15,23H,5,8-9H2,1-2H3,(H,21,22,24)/t13?,15-,19-/m0/s1. The van der Waals surface area contributed by atoms with Crippen LogP contribution in [0.5, 0.6) is 0 Å². The van der Waals surface area contributed by atoms with Crippen molar-refractivity contribution < 1.29 is 9.90 Å². The molecule has 2 aliphatic rings. The highest BCUT2D eigenvalue weighted by molar-refractivity contribution is 7.13. The fourth-order valence-corrected chi connectivity index (χ4v) is 4.49. The molecular formula is C19H21N3O2S. The van der Waals surface area contributed by atoms with Gasteiger partial charge in [0.1, 0.15) is 5.84 Å². The molecule has 1 amide bonds. The van der Waals surface area contributed by atoms with Crippen molar-refractivity contribution in [2.24, 2.45) is 10.9 Å². The van der Waals surface area contributed by atoms with Gasteiger partial charge in [0.05, 0.1) is 22.2 Å². The van der Waals surface area contributed by atoms with E-state index in [2.05, 4.69) is 10.3 Å². The molecule has 1 fully saturated rings. The van der Waals surface area contributed by atoms with Gasteiger partial charge in [0.2, 0.25) is 0 Å². The van der Waals surface area contributed by atoms with Crippen LogP contribution in [0, 0.1) is 12.8 Å². The third-order valence-electron chi connectivity index (χ3n) is 5.27. The highest BCUT2D eigenvalue weighted by Crippen LogP contribution is 2.36. The van der Waals surface area contributed by atoms with E-state index in [1.165, 1.54) is 0 Å². The number of aromatic nitrogens is 1. The van der Waals surface area contributed by atoms with E-state index in [-0.39, 0.29) is 17.9 Å². The highest BCUT2D eigenvalue weighted by Gasteiger charge is 2.43. The average molecular weight is 355 g/mol. The molecule has 25 heavy (non-hydrogen) atoms. The number of aliphatic hydroxyl groups is 1. The van der Waals surface area contributed by atoms with Crippen molar-refractivity contribution in [2.45, 2.75) is 44.8 Å². The molecule has 1 aliphatic carbocycles. The molecule has 130 valence electrons. The summed E-state index contributed by atoms with van der Waals surface area (Å²) < 4.78 is 0. The summed E-state index contributed by atoms with van der Waals surface area (Å²) in [6.45, 7) is 3.85. The van der Waals surface area contributed by atoms with Crippen LogP contribution in [-0.4, -0.2) is 27.9 Å². The van der Waals surface area contributed by atoms with Crippen LogP contribution >= 0.6 is 11.3 Å². The molecule has 6 heteroatoms. The van der Waals surface area contributed by atoms with Gasteiger partial charge in [-0.1, -0.05) is 24.3 Å². The summed E-state index contributed by atoms with van der Waals surface area (Å²) in [7, 11) is 0. The Morgan fingerprint density at radius 3 is 2.64 bits per heavy atom. The van der Waals surface area contributed by atoms with Crippen molar-refractivity contribution >= 4 is 23.1 Å². The van der Waals surface area contributed by atoms with Crippen LogP contribution in [-0.2, 0) is 10.3 Å². The molecule has 1 aliphatic heterocycles. The lowest BCUT2D eigenvalue weighted by atomic mass is 9.91. The Hall–Kier alpha value is -2.05. The number of aliphatic hydroxyl groups excluding tert-OH is 1. The van der Waals surface area contributed by atoms with E-state index in [4.69, 9.17) is 4.99 Å². The maximum Gasteiger partial charge on any atom is 0.257 e. The zero-order valence-electron chi connectivity index (χ0n) is 14.3. The minimum Gasteiger partial charge on any atom is -0.393 e. The Labute approximate surface area is 150 Å². The molecule has 0 saturated heterocycles.